The Hall–Kier alpha value is -2.35. The van der Waals surface area contributed by atoms with Gasteiger partial charge in [0.05, 0.1) is 18.0 Å². The Bertz CT molecular complexity index is 820. The zero-order chi connectivity index (χ0) is 18.4. The van der Waals surface area contributed by atoms with E-state index in [0.29, 0.717) is 24.9 Å². The minimum atomic E-state index is -3.01. The van der Waals surface area contributed by atoms with Gasteiger partial charge in [-0.05, 0) is 25.0 Å². The van der Waals surface area contributed by atoms with Gasteiger partial charge in [-0.15, -0.1) is 0 Å². The zero-order valence-electron chi connectivity index (χ0n) is 15.0. The van der Waals surface area contributed by atoms with E-state index >= 15 is 0 Å². The molecule has 7 nitrogen and oxygen atoms in total. The van der Waals surface area contributed by atoms with Crippen LogP contribution in [0.2, 0.25) is 0 Å². The first-order chi connectivity index (χ1) is 11.8. The van der Waals surface area contributed by atoms with Gasteiger partial charge in [0.1, 0.15) is 5.76 Å². The second-order valence-electron chi connectivity index (χ2n) is 5.92. The van der Waals surface area contributed by atoms with Crippen molar-refractivity contribution in [2.24, 2.45) is 4.99 Å². The maximum atomic E-state index is 11.3. The third kappa shape index (κ3) is 6.22. The Kier molecular flexibility index (Phi) is 6.19. The lowest BCUT2D eigenvalue weighted by atomic mass is 10.1. The minimum absolute atomic E-state index is 0.0545. The third-order valence-corrected chi connectivity index (χ3v) is 4.47. The first kappa shape index (κ1) is 19.0. The van der Waals surface area contributed by atoms with Crippen molar-refractivity contribution in [1.29, 1.82) is 0 Å². The van der Waals surface area contributed by atoms with Crippen LogP contribution >= 0.6 is 0 Å². The van der Waals surface area contributed by atoms with Crippen LogP contribution in [0.3, 0.4) is 0 Å². The number of aromatic nitrogens is 1. The predicted octanol–water partition coefficient (Wildman–Crippen LogP) is 1.70. The van der Waals surface area contributed by atoms with Crippen LogP contribution in [0.4, 0.5) is 0 Å². The molecule has 2 N–H and O–H groups in total. The Balaban J connectivity index is 1.86. The van der Waals surface area contributed by atoms with Gasteiger partial charge in [0.15, 0.2) is 15.8 Å². The Morgan fingerprint density at radius 2 is 1.72 bits per heavy atom. The number of hydrogen-bond donors (Lipinski definition) is 2. The summed E-state index contributed by atoms with van der Waals surface area (Å²) in [6, 6.07) is 7.46. The lowest BCUT2D eigenvalue weighted by molar-refractivity contribution is 0.463. The monoisotopic (exact) mass is 364 g/mol. The van der Waals surface area contributed by atoms with Gasteiger partial charge < -0.3 is 15.1 Å². The van der Waals surface area contributed by atoms with E-state index < -0.39 is 9.84 Å². The molecular formula is C17H24N4O3S. The Morgan fingerprint density at radius 1 is 1.12 bits per heavy atom. The van der Waals surface area contributed by atoms with Crippen molar-refractivity contribution in [1.82, 2.24) is 15.6 Å². The van der Waals surface area contributed by atoms with E-state index in [4.69, 9.17) is 4.42 Å². The Labute approximate surface area is 148 Å². The molecule has 1 aromatic carbocycles. The van der Waals surface area contributed by atoms with Gasteiger partial charge in [0.25, 0.3) is 0 Å². The highest BCUT2D eigenvalue weighted by Gasteiger charge is 2.07. The predicted molar refractivity (Wildman–Crippen MR) is 98.0 cm³/mol. The quantitative estimate of drug-likeness (QED) is 0.598. The van der Waals surface area contributed by atoms with E-state index in [0.717, 1.165) is 22.6 Å². The van der Waals surface area contributed by atoms with Crippen molar-refractivity contribution in [3.05, 3.63) is 52.7 Å². The first-order valence-electron chi connectivity index (χ1n) is 7.90. The number of rotatable bonds is 6. The maximum Gasteiger partial charge on any atom is 0.214 e. The zero-order valence-corrected chi connectivity index (χ0v) is 15.8. The number of benzene rings is 1. The number of nitrogens with one attached hydrogen (secondary N) is 2. The molecule has 0 radical (unpaired) electrons. The molecule has 2 aromatic rings. The van der Waals surface area contributed by atoms with Crippen LogP contribution in [0.1, 0.15) is 28.5 Å². The highest BCUT2D eigenvalue weighted by Crippen LogP contribution is 2.09. The molecule has 0 saturated carbocycles. The number of aryl methyl sites for hydroxylation is 2. The van der Waals surface area contributed by atoms with E-state index in [2.05, 4.69) is 20.6 Å². The number of oxazole rings is 1. The molecule has 136 valence electrons. The SMILES string of the molecule is CN=C(NCc1ccc(CS(C)(=O)=O)cc1)NCc1nc(C)c(C)o1. The largest absolute Gasteiger partial charge is 0.444 e. The molecule has 0 fully saturated rings. The van der Waals surface area contributed by atoms with Crippen LogP contribution in [-0.2, 0) is 28.7 Å². The average Bonchev–Trinajstić information content (AvgIpc) is 2.86. The summed E-state index contributed by atoms with van der Waals surface area (Å²) in [4.78, 5) is 8.47. The summed E-state index contributed by atoms with van der Waals surface area (Å²) in [5.41, 5.74) is 2.69. The Morgan fingerprint density at radius 3 is 2.24 bits per heavy atom. The summed E-state index contributed by atoms with van der Waals surface area (Å²) in [6.07, 6.45) is 1.23. The number of hydrogen-bond acceptors (Lipinski definition) is 5. The molecule has 0 bridgehead atoms. The molecule has 0 aliphatic heterocycles. The molecule has 1 heterocycles. The molecule has 1 aromatic heterocycles. The molecule has 25 heavy (non-hydrogen) atoms. The van der Waals surface area contributed by atoms with Crippen LogP contribution in [0.5, 0.6) is 0 Å². The summed E-state index contributed by atoms with van der Waals surface area (Å²) in [7, 11) is -1.32. The normalized spacial score (nSPS) is 12.2. The molecule has 2 rings (SSSR count). The molecule has 0 aliphatic carbocycles. The molecule has 0 amide bonds. The van der Waals surface area contributed by atoms with E-state index in [1.54, 1.807) is 7.05 Å². The fraction of sp³-hybridized carbons (Fsp3) is 0.412. The van der Waals surface area contributed by atoms with Crippen LogP contribution in [0, 0.1) is 13.8 Å². The molecular weight excluding hydrogens is 340 g/mol. The summed E-state index contributed by atoms with van der Waals surface area (Å²) in [5.74, 6) is 2.12. The fourth-order valence-electron chi connectivity index (χ4n) is 2.24. The van der Waals surface area contributed by atoms with Gasteiger partial charge in [-0.2, -0.15) is 0 Å². The van der Waals surface area contributed by atoms with E-state index in [1.807, 2.05) is 38.1 Å². The van der Waals surface area contributed by atoms with Crippen molar-refractivity contribution in [2.75, 3.05) is 13.3 Å². The van der Waals surface area contributed by atoms with Crippen LogP contribution in [0.15, 0.2) is 33.7 Å². The molecule has 0 atom stereocenters. The van der Waals surface area contributed by atoms with Crippen LogP contribution in [0.25, 0.3) is 0 Å². The van der Waals surface area contributed by atoms with Gasteiger partial charge in [-0.1, -0.05) is 24.3 Å². The lowest BCUT2D eigenvalue weighted by Gasteiger charge is -2.11. The van der Waals surface area contributed by atoms with Crippen molar-refractivity contribution in [2.45, 2.75) is 32.7 Å². The van der Waals surface area contributed by atoms with Gasteiger partial charge in [-0.25, -0.2) is 13.4 Å². The minimum Gasteiger partial charge on any atom is -0.444 e. The highest BCUT2D eigenvalue weighted by atomic mass is 32.2. The van der Waals surface area contributed by atoms with Gasteiger partial charge >= 0.3 is 0 Å². The third-order valence-electron chi connectivity index (χ3n) is 3.62. The summed E-state index contributed by atoms with van der Waals surface area (Å²) < 4.78 is 28.1. The van der Waals surface area contributed by atoms with Crippen molar-refractivity contribution in [3.63, 3.8) is 0 Å². The highest BCUT2D eigenvalue weighted by molar-refractivity contribution is 7.89. The van der Waals surface area contributed by atoms with Crippen LogP contribution < -0.4 is 10.6 Å². The van der Waals surface area contributed by atoms with E-state index in [9.17, 15) is 8.42 Å². The maximum absolute atomic E-state index is 11.3. The van der Waals surface area contributed by atoms with Crippen molar-refractivity contribution >= 4 is 15.8 Å². The van der Waals surface area contributed by atoms with Gasteiger partial charge in [-0.3, -0.25) is 4.99 Å². The molecule has 0 aliphatic rings. The van der Waals surface area contributed by atoms with Crippen molar-refractivity contribution in [3.8, 4) is 0 Å². The molecule has 8 heteroatoms. The smallest absolute Gasteiger partial charge is 0.214 e. The molecule has 0 spiro atoms. The number of aliphatic imine (C=N–C) groups is 1. The second kappa shape index (κ2) is 8.15. The average molecular weight is 364 g/mol. The number of sulfone groups is 1. The van der Waals surface area contributed by atoms with Crippen molar-refractivity contribution < 1.29 is 12.8 Å². The first-order valence-corrected chi connectivity index (χ1v) is 9.96. The van der Waals surface area contributed by atoms with Crippen LogP contribution in [-0.4, -0.2) is 32.7 Å². The lowest BCUT2D eigenvalue weighted by Crippen LogP contribution is -2.36. The van der Waals surface area contributed by atoms with E-state index in [-0.39, 0.29) is 5.75 Å². The van der Waals surface area contributed by atoms with Gasteiger partial charge in [0, 0.05) is 19.8 Å². The topological polar surface area (TPSA) is 96.6 Å². The van der Waals surface area contributed by atoms with E-state index in [1.165, 1.54) is 6.26 Å². The number of guanidine groups is 1. The summed E-state index contributed by atoms with van der Waals surface area (Å²) in [5, 5.41) is 6.34. The second-order valence-corrected chi connectivity index (χ2v) is 8.06. The number of nitrogens with zero attached hydrogens (tertiary/aromatic N) is 2. The van der Waals surface area contributed by atoms with Gasteiger partial charge in [0.2, 0.25) is 5.89 Å². The summed E-state index contributed by atoms with van der Waals surface area (Å²) >= 11 is 0. The molecule has 0 unspecified atom stereocenters. The molecule has 0 saturated heterocycles. The summed E-state index contributed by atoms with van der Waals surface area (Å²) in [6.45, 7) is 4.80. The fourth-order valence-corrected chi connectivity index (χ4v) is 3.03. The standard InChI is InChI=1S/C17H24N4O3S/c1-12-13(2)24-16(21-12)10-20-17(18-3)19-9-14-5-7-15(8-6-14)11-25(4,22)23/h5-8H,9-11H2,1-4H3,(H2,18,19,20).